The Balaban J connectivity index is 2.06. The van der Waals surface area contributed by atoms with Crippen LogP contribution in [0.1, 0.15) is 23.6 Å². The molecule has 1 atom stereocenters. The van der Waals surface area contributed by atoms with E-state index in [1.807, 2.05) is 19.0 Å². The van der Waals surface area contributed by atoms with E-state index in [1.165, 1.54) is 43.3 Å². The molecule has 10 heteroatoms. The molecule has 2 aromatic rings. The molecule has 1 aliphatic rings. The van der Waals surface area contributed by atoms with Gasteiger partial charge in [0.15, 0.2) is 0 Å². The third-order valence-corrected chi connectivity index (χ3v) is 7.28. The molecule has 1 unspecified atom stereocenters. The summed E-state index contributed by atoms with van der Waals surface area (Å²) in [4.78, 5) is 33.5. The fourth-order valence-corrected chi connectivity index (χ4v) is 4.60. The number of hydrogen-bond acceptors (Lipinski definition) is 7. The van der Waals surface area contributed by atoms with E-state index in [0.29, 0.717) is 18.5 Å². The van der Waals surface area contributed by atoms with Crippen LogP contribution in [0, 0.1) is 0 Å². The highest BCUT2D eigenvalue weighted by Crippen LogP contribution is 2.39. The smallest absolute Gasteiger partial charge is 0.295 e. The predicted molar refractivity (Wildman–Crippen MR) is 124 cm³/mol. The van der Waals surface area contributed by atoms with Crippen molar-refractivity contribution in [3.63, 3.8) is 0 Å². The van der Waals surface area contributed by atoms with Crippen LogP contribution >= 0.6 is 0 Å². The summed E-state index contributed by atoms with van der Waals surface area (Å²) in [5, 5.41) is 11.1. The summed E-state index contributed by atoms with van der Waals surface area (Å²) >= 11 is 0. The van der Waals surface area contributed by atoms with Crippen molar-refractivity contribution < 1.29 is 23.1 Å². The first-order chi connectivity index (χ1) is 15.6. The number of likely N-dealkylation sites (tertiary alicyclic amines) is 1. The number of pyridine rings is 1. The van der Waals surface area contributed by atoms with Crippen LogP contribution in [0.5, 0.6) is 0 Å². The lowest BCUT2D eigenvalue weighted by atomic mass is 9.96. The predicted octanol–water partition coefficient (Wildman–Crippen LogP) is 1.71. The van der Waals surface area contributed by atoms with E-state index in [2.05, 4.69) is 4.98 Å². The van der Waals surface area contributed by atoms with Crippen molar-refractivity contribution in [2.45, 2.75) is 17.4 Å². The number of hydrogen-bond donors (Lipinski definition) is 1. The Morgan fingerprint density at radius 2 is 1.76 bits per heavy atom. The zero-order chi connectivity index (χ0) is 24.3. The van der Waals surface area contributed by atoms with E-state index in [9.17, 15) is 23.1 Å². The molecule has 1 amide bonds. The lowest BCUT2D eigenvalue weighted by molar-refractivity contribution is -0.139. The average Bonchev–Trinajstić information content (AvgIpc) is 3.04. The van der Waals surface area contributed by atoms with E-state index in [4.69, 9.17) is 0 Å². The monoisotopic (exact) mass is 472 g/mol. The van der Waals surface area contributed by atoms with Crippen LogP contribution in [0.2, 0.25) is 0 Å². The third kappa shape index (κ3) is 4.97. The molecule has 0 aliphatic carbocycles. The minimum absolute atomic E-state index is 0.0407. The van der Waals surface area contributed by atoms with Gasteiger partial charge in [-0.05, 0) is 63.0 Å². The van der Waals surface area contributed by atoms with Gasteiger partial charge in [0, 0.05) is 38.6 Å². The van der Waals surface area contributed by atoms with Gasteiger partial charge in [-0.2, -0.15) is 0 Å². The molecule has 0 radical (unpaired) electrons. The minimum atomic E-state index is -3.64. The van der Waals surface area contributed by atoms with Gasteiger partial charge in [0.2, 0.25) is 10.0 Å². The van der Waals surface area contributed by atoms with Crippen LogP contribution in [0.25, 0.3) is 5.76 Å². The van der Waals surface area contributed by atoms with Gasteiger partial charge in [-0.25, -0.2) is 12.7 Å². The molecule has 33 heavy (non-hydrogen) atoms. The maximum absolute atomic E-state index is 13.0. The molecule has 176 valence electrons. The first-order valence-corrected chi connectivity index (χ1v) is 11.9. The maximum Gasteiger partial charge on any atom is 0.295 e. The number of aliphatic hydroxyl groups excluding tert-OH is 1. The molecule has 0 saturated carbocycles. The molecule has 1 N–H and O–H groups in total. The summed E-state index contributed by atoms with van der Waals surface area (Å²) in [5.74, 6) is -1.82. The number of aliphatic hydroxyl groups is 1. The topological polar surface area (TPSA) is 111 Å². The number of benzene rings is 1. The van der Waals surface area contributed by atoms with Crippen LogP contribution in [0.3, 0.4) is 0 Å². The standard InChI is InChI=1S/C23H28N4O5S/c1-25(2)13-6-14-27-20(17-7-5-12-24-15-17)19(22(29)23(27)30)21(28)16-8-10-18(11-9-16)33(31,32)26(3)4/h5,7-12,15,20,28H,6,13-14H2,1-4H3/b21-19-. The number of Topliss-reactive ketones (excluding diaryl/α,β-unsaturated/α-hetero) is 1. The van der Waals surface area contributed by atoms with E-state index in [0.717, 1.165) is 10.8 Å². The van der Waals surface area contributed by atoms with Crippen molar-refractivity contribution in [1.29, 1.82) is 0 Å². The second-order valence-electron chi connectivity index (χ2n) is 8.25. The largest absolute Gasteiger partial charge is 0.507 e. The molecule has 2 heterocycles. The molecule has 1 fully saturated rings. The number of amides is 1. The first kappa shape index (κ1) is 24.6. The summed E-state index contributed by atoms with van der Waals surface area (Å²) in [5.41, 5.74) is 0.809. The maximum atomic E-state index is 13.0. The highest BCUT2D eigenvalue weighted by Gasteiger charge is 2.45. The minimum Gasteiger partial charge on any atom is -0.507 e. The number of sulfonamides is 1. The van der Waals surface area contributed by atoms with Gasteiger partial charge in [-0.15, -0.1) is 0 Å². The molecule has 1 aromatic carbocycles. The average molecular weight is 473 g/mol. The molecular weight excluding hydrogens is 444 g/mol. The van der Waals surface area contributed by atoms with Gasteiger partial charge in [0.1, 0.15) is 5.76 Å². The highest BCUT2D eigenvalue weighted by atomic mass is 32.2. The third-order valence-electron chi connectivity index (χ3n) is 5.45. The molecule has 1 saturated heterocycles. The second kappa shape index (κ2) is 9.82. The Morgan fingerprint density at radius 3 is 2.30 bits per heavy atom. The van der Waals surface area contributed by atoms with Crippen molar-refractivity contribution in [2.75, 3.05) is 41.3 Å². The number of aromatic nitrogens is 1. The Kier molecular flexibility index (Phi) is 7.31. The zero-order valence-corrected chi connectivity index (χ0v) is 19.9. The lowest BCUT2D eigenvalue weighted by Crippen LogP contribution is -2.32. The summed E-state index contributed by atoms with van der Waals surface area (Å²) in [7, 11) is 3.05. The number of carbonyl (C=O) groups is 2. The Morgan fingerprint density at radius 1 is 1.09 bits per heavy atom. The second-order valence-corrected chi connectivity index (χ2v) is 10.4. The van der Waals surface area contributed by atoms with Crippen LogP contribution in [-0.2, 0) is 19.6 Å². The molecular formula is C23H28N4O5S. The van der Waals surface area contributed by atoms with Gasteiger partial charge >= 0.3 is 0 Å². The van der Waals surface area contributed by atoms with Gasteiger partial charge < -0.3 is 14.9 Å². The van der Waals surface area contributed by atoms with Crippen LogP contribution in [0.4, 0.5) is 0 Å². The van der Waals surface area contributed by atoms with E-state index >= 15 is 0 Å². The number of nitrogens with zero attached hydrogens (tertiary/aromatic N) is 4. The SMILES string of the molecule is CN(C)CCCN1C(=O)C(=O)/C(=C(\O)c2ccc(S(=O)(=O)N(C)C)cc2)C1c1cccnc1. The summed E-state index contributed by atoms with van der Waals surface area (Å²) in [6.07, 6.45) is 3.80. The molecule has 3 rings (SSSR count). The first-order valence-electron chi connectivity index (χ1n) is 10.4. The van der Waals surface area contributed by atoms with Gasteiger partial charge in [0.25, 0.3) is 11.7 Å². The van der Waals surface area contributed by atoms with E-state index < -0.39 is 27.8 Å². The highest BCUT2D eigenvalue weighted by molar-refractivity contribution is 7.89. The lowest BCUT2D eigenvalue weighted by Gasteiger charge is -2.25. The van der Waals surface area contributed by atoms with Crippen molar-refractivity contribution in [3.8, 4) is 0 Å². The van der Waals surface area contributed by atoms with E-state index in [1.54, 1.807) is 24.5 Å². The van der Waals surface area contributed by atoms with Gasteiger partial charge in [-0.1, -0.05) is 6.07 Å². The fraction of sp³-hybridized carbons (Fsp3) is 0.348. The normalized spacial score (nSPS) is 18.5. The Bertz CT molecular complexity index is 1160. The van der Waals surface area contributed by atoms with Crippen molar-refractivity contribution in [3.05, 3.63) is 65.5 Å². The summed E-state index contributed by atoms with van der Waals surface area (Å²) in [6, 6.07) is 8.23. The fourth-order valence-electron chi connectivity index (χ4n) is 3.70. The molecule has 9 nitrogen and oxygen atoms in total. The molecule has 0 bridgehead atoms. The molecule has 1 aromatic heterocycles. The molecule has 0 spiro atoms. The van der Waals surface area contributed by atoms with E-state index in [-0.39, 0.29) is 21.8 Å². The number of rotatable bonds is 8. The van der Waals surface area contributed by atoms with Crippen LogP contribution in [-0.4, -0.2) is 85.6 Å². The summed E-state index contributed by atoms with van der Waals surface area (Å²) in [6.45, 7) is 1.06. The number of ketones is 1. The Hall–Kier alpha value is -3.08. The van der Waals surface area contributed by atoms with Crippen LogP contribution in [0.15, 0.2) is 59.3 Å². The Labute approximate surface area is 194 Å². The van der Waals surface area contributed by atoms with Gasteiger partial charge in [0.05, 0.1) is 16.5 Å². The quantitative estimate of drug-likeness (QED) is 0.354. The van der Waals surface area contributed by atoms with Crippen LogP contribution < -0.4 is 0 Å². The van der Waals surface area contributed by atoms with Crippen molar-refractivity contribution in [1.82, 2.24) is 19.1 Å². The zero-order valence-electron chi connectivity index (χ0n) is 19.1. The van der Waals surface area contributed by atoms with Crippen molar-refractivity contribution >= 4 is 27.5 Å². The van der Waals surface area contributed by atoms with Crippen molar-refractivity contribution in [2.24, 2.45) is 0 Å². The number of carbonyl (C=O) groups excluding carboxylic acids is 2. The van der Waals surface area contributed by atoms with Gasteiger partial charge in [-0.3, -0.25) is 14.6 Å². The summed E-state index contributed by atoms with van der Waals surface area (Å²) < 4.78 is 25.7. The molecule has 1 aliphatic heterocycles.